The lowest BCUT2D eigenvalue weighted by atomic mass is 10.3. The number of aromatic amines is 1. The van der Waals surface area contributed by atoms with Crippen molar-refractivity contribution in [3.8, 4) is 0 Å². The molecule has 0 fully saturated rings. The van der Waals surface area contributed by atoms with E-state index in [9.17, 15) is 14.7 Å². The third-order valence-corrected chi connectivity index (χ3v) is 6.61. The van der Waals surface area contributed by atoms with E-state index in [0.717, 1.165) is 21.6 Å². The summed E-state index contributed by atoms with van der Waals surface area (Å²) in [5.41, 5.74) is -0.731. The van der Waals surface area contributed by atoms with Gasteiger partial charge in [-0.3, -0.25) is 14.3 Å². The van der Waals surface area contributed by atoms with Crippen molar-refractivity contribution in [2.75, 3.05) is 6.61 Å². The summed E-state index contributed by atoms with van der Waals surface area (Å²) in [6.45, 7) is 1.32. The SMILES string of the molecule is Cc1cn([C@@H]2O[C@H](CO)C=C2SSC(Cl)(Cl)Cl)c(=O)[nH]c1=O. The molecule has 2 heterocycles. The van der Waals surface area contributed by atoms with Crippen molar-refractivity contribution in [2.45, 2.75) is 22.4 Å². The number of aryl methyl sites for hydroxylation is 1. The first-order valence-corrected chi connectivity index (χ1v) is 9.22. The van der Waals surface area contributed by atoms with Crippen LogP contribution >= 0.6 is 56.4 Å². The van der Waals surface area contributed by atoms with Crippen LogP contribution in [0.2, 0.25) is 0 Å². The summed E-state index contributed by atoms with van der Waals surface area (Å²) in [7, 11) is 2.08. The molecule has 22 heavy (non-hydrogen) atoms. The van der Waals surface area contributed by atoms with Crippen LogP contribution in [-0.2, 0) is 4.74 Å². The molecule has 0 radical (unpaired) electrons. The van der Waals surface area contributed by atoms with Crippen LogP contribution in [0, 0.1) is 6.92 Å². The Morgan fingerprint density at radius 3 is 2.73 bits per heavy atom. The Hall–Kier alpha value is -0.0900. The molecule has 0 unspecified atom stereocenters. The van der Waals surface area contributed by atoms with E-state index >= 15 is 0 Å². The Balaban J connectivity index is 2.32. The van der Waals surface area contributed by atoms with Gasteiger partial charge in [0.25, 0.3) is 5.56 Å². The number of nitrogens with one attached hydrogen (secondary N) is 1. The predicted octanol–water partition coefficient (Wildman–Crippen LogP) is 2.33. The number of rotatable bonds is 4. The summed E-state index contributed by atoms with van der Waals surface area (Å²) in [4.78, 5) is 26.2. The highest BCUT2D eigenvalue weighted by Crippen LogP contribution is 2.52. The third kappa shape index (κ3) is 4.47. The summed E-state index contributed by atoms with van der Waals surface area (Å²) in [6, 6.07) is 0. The number of alkyl halides is 3. The Bertz CT molecular complexity index is 698. The maximum absolute atomic E-state index is 12.0. The number of H-pyrrole nitrogens is 1. The van der Waals surface area contributed by atoms with Gasteiger partial charge in [-0.25, -0.2) is 4.79 Å². The standard InChI is InChI=1S/C11H11Cl3N2O4S2/c1-5-3-16(10(19)15-8(5)18)9-7(2-6(4-17)20-9)21-22-11(12,13)14/h2-3,6,9,17H,4H2,1H3,(H,15,18,19)/t6-,9+/m0/s1. The minimum absolute atomic E-state index is 0.254. The van der Waals surface area contributed by atoms with Gasteiger partial charge < -0.3 is 9.84 Å². The number of hydrogen-bond donors (Lipinski definition) is 2. The van der Waals surface area contributed by atoms with Crippen LogP contribution < -0.4 is 11.2 Å². The monoisotopic (exact) mass is 404 g/mol. The van der Waals surface area contributed by atoms with E-state index < -0.39 is 26.7 Å². The second-order valence-corrected chi connectivity index (χ2v) is 9.74. The highest BCUT2D eigenvalue weighted by Gasteiger charge is 2.32. The minimum Gasteiger partial charge on any atom is -0.393 e. The summed E-state index contributed by atoms with van der Waals surface area (Å²) in [5.74, 6) is 0. The lowest BCUT2D eigenvalue weighted by molar-refractivity contribution is -0.0116. The van der Waals surface area contributed by atoms with Gasteiger partial charge in [0.15, 0.2) is 6.23 Å². The smallest absolute Gasteiger partial charge is 0.330 e. The van der Waals surface area contributed by atoms with Crippen LogP contribution in [0.4, 0.5) is 0 Å². The van der Waals surface area contributed by atoms with Gasteiger partial charge in [-0.1, -0.05) is 45.6 Å². The Kier molecular flexibility index (Phi) is 5.98. The summed E-state index contributed by atoms with van der Waals surface area (Å²) in [6.07, 6.45) is 1.65. The van der Waals surface area contributed by atoms with E-state index in [1.807, 2.05) is 0 Å². The fourth-order valence-corrected chi connectivity index (χ4v) is 4.25. The second-order valence-electron chi connectivity index (χ2n) is 4.37. The predicted molar refractivity (Wildman–Crippen MR) is 90.6 cm³/mol. The number of ether oxygens (including phenoxy) is 1. The van der Waals surface area contributed by atoms with Crippen LogP contribution in [0.1, 0.15) is 11.8 Å². The topological polar surface area (TPSA) is 84.3 Å². The molecule has 0 saturated carbocycles. The van der Waals surface area contributed by atoms with Gasteiger partial charge in [-0.05, 0) is 23.8 Å². The van der Waals surface area contributed by atoms with Crippen molar-refractivity contribution in [1.29, 1.82) is 0 Å². The normalized spacial score (nSPS) is 22.0. The maximum Gasteiger partial charge on any atom is 0.330 e. The molecule has 0 saturated heterocycles. The Morgan fingerprint density at radius 1 is 1.45 bits per heavy atom. The average Bonchev–Trinajstić information content (AvgIpc) is 2.83. The Labute approximate surface area is 148 Å². The molecule has 2 N–H and O–H groups in total. The Morgan fingerprint density at radius 2 is 2.14 bits per heavy atom. The van der Waals surface area contributed by atoms with Crippen molar-refractivity contribution in [3.63, 3.8) is 0 Å². The molecule has 1 aliphatic heterocycles. The van der Waals surface area contributed by atoms with Crippen molar-refractivity contribution >= 4 is 56.4 Å². The molecule has 11 heteroatoms. The molecule has 2 rings (SSSR count). The average molecular weight is 406 g/mol. The summed E-state index contributed by atoms with van der Waals surface area (Å²) < 4.78 is 5.27. The van der Waals surface area contributed by atoms with Crippen LogP contribution in [0.5, 0.6) is 0 Å². The van der Waals surface area contributed by atoms with Gasteiger partial charge >= 0.3 is 5.69 Å². The molecule has 1 aromatic rings. The van der Waals surface area contributed by atoms with E-state index in [1.165, 1.54) is 10.8 Å². The summed E-state index contributed by atoms with van der Waals surface area (Å²) in [5, 5.41) is 9.24. The third-order valence-electron chi connectivity index (χ3n) is 2.71. The maximum atomic E-state index is 12.0. The molecule has 0 amide bonds. The zero-order valence-corrected chi connectivity index (χ0v) is 15.0. The molecule has 0 aliphatic carbocycles. The first kappa shape index (κ1) is 18.3. The van der Waals surface area contributed by atoms with Crippen LogP contribution in [0.3, 0.4) is 0 Å². The first-order valence-electron chi connectivity index (χ1n) is 5.94. The van der Waals surface area contributed by atoms with Gasteiger partial charge in [0.05, 0.1) is 6.61 Å². The first-order chi connectivity index (χ1) is 10.2. The number of aliphatic hydroxyl groups is 1. The molecule has 122 valence electrons. The number of nitrogens with zero attached hydrogens (tertiary/aromatic N) is 1. The van der Waals surface area contributed by atoms with Crippen molar-refractivity contribution in [3.05, 3.63) is 43.6 Å². The lowest BCUT2D eigenvalue weighted by Crippen LogP contribution is -2.34. The fourth-order valence-electron chi connectivity index (χ4n) is 1.76. The quantitative estimate of drug-likeness (QED) is 0.591. The summed E-state index contributed by atoms with van der Waals surface area (Å²) >= 11 is 17.1. The van der Waals surface area contributed by atoms with E-state index in [2.05, 4.69) is 4.98 Å². The zero-order valence-electron chi connectivity index (χ0n) is 11.1. The van der Waals surface area contributed by atoms with E-state index in [1.54, 1.807) is 13.0 Å². The number of aromatic nitrogens is 2. The number of hydrogen-bond acceptors (Lipinski definition) is 6. The molecule has 6 nitrogen and oxygen atoms in total. The largest absolute Gasteiger partial charge is 0.393 e. The van der Waals surface area contributed by atoms with E-state index in [0.29, 0.717) is 10.5 Å². The van der Waals surface area contributed by atoms with Crippen LogP contribution in [-0.4, -0.2) is 30.5 Å². The van der Waals surface area contributed by atoms with E-state index in [-0.39, 0.29) is 6.61 Å². The molecule has 0 bridgehead atoms. The molecule has 0 spiro atoms. The van der Waals surface area contributed by atoms with Gasteiger partial charge in [-0.15, -0.1) is 0 Å². The van der Waals surface area contributed by atoms with Gasteiger partial charge in [0.1, 0.15) is 6.10 Å². The van der Waals surface area contributed by atoms with Gasteiger partial charge in [-0.2, -0.15) is 0 Å². The molecule has 0 aromatic carbocycles. The van der Waals surface area contributed by atoms with Crippen molar-refractivity contribution < 1.29 is 9.84 Å². The second kappa shape index (κ2) is 7.21. The number of halogens is 3. The highest BCUT2D eigenvalue weighted by molar-refractivity contribution is 8.79. The van der Waals surface area contributed by atoms with Gasteiger partial charge in [0.2, 0.25) is 3.12 Å². The molecular formula is C11H11Cl3N2O4S2. The molecule has 2 atom stereocenters. The van der Waals surface area contributed by atoms with Gasteiger partial charge in [0, 0.05) is 16.7 Å². The zero-order chi connectivity index (χ0) is 16.5. The molecule has 1 aliphatic rings. The van der Waals surface area contributed by atoms with Crippen molar-refractivity contribution in [2.24, 2.45) is 0 Å². The number of aliphatic hydroxyl groups excluding tert-OH is 1. The minimum atomic E-state index is -1.54. The molecule has 1 aromatic heterocycles. The fraction of sp³-hybridized carbons (Fsp3) is 0.455. The van der Waals surface area contributed by atoms with Crippen molar-refractivity contribution in [1.82, 2.24) is 9.55 Å². The van der Waals surface area contributed by atoms with E-state index in [4.69, 9.17) is 39.5 Å². The van der Waals surface area contributed by atoms with Crippen LogP contribution in [0.15, 0.2) is 26.8 Å². The molecular weight excluding hydrogens is 395 g/mol. The highest BCUT2D eigenvalue weighted by atomic mass is 35.6. The van der Waals surface area contributed by atoms with Crippen LogP contribution in [0.25, 0.3) is 0 Å². The lowest BCUT2D eigenvalue weighted by Gasteiger charge is -2.19.